The molecule has 1 aromatic carbocycles. The van der Waals surface area contributed by atoms with Gasteiger partial charge in [0.15, 0.2) is 0 Å². The zero-order chi connectivity index (χ0) is 16.1. The van der Waals surface area contributed by atoms with Crippen molar-refractivity contribution in [2.75, 3.05) is 0 Å². The van der Waals surface area contributed by atoms with Crippen molar-refractivity contribution in [3.63, 3.8) is 0 Å². The van der Waals surface area contributed by atoms with Crippen molar-refractivity contribution in [2.24, 2.45) is 0 Å². The number of carbonyl (C=O) groups excluding carboxylic acids is 1. The summed E-state index contributed by atoms with van der Waals surface area (Å²) in [4.78, 5) is 11.1. The highest BCUT2D eigenvalue weighted by atomic mass is 16.1. The van der Waals surface area contributed by atoms with Crippen molar-refractivity contribution in [1.82, 2.24) is 5.32 Å². The van der Waals surface area contributed by atoms with E-state index in [9.17, 15) is 4.79 Å². The molecule has 0 amide bonds. The second-order valence-corrected chi connectivity index (χ2v) is 5.74. The van der Waals surface area contributed by atoms with Gasteiger partial charge in [-0.15, -0.1) is 0 Å². The van der Waals surface area contributed by atoms with E-state index in [1.165, 1.54) is 5.56 Å². The highest BCUT2D eigenvalue weighted by molar-refractivity contribution is 5.80. The summed E-state index contributed by atoms with van der Waals surface area (Å²) in [5.41, 5.74) is 5.98. The van der Waals surface area contributed by atoms with E-state index in [1.807, 2.05) is 19.1 Å². The first-order valence-electron chi connectivity index (χ1n) is 7.59. The predicted molar refractivity (Wildman–Crippen MR) is 93.3 cm³/mol. The normalized spacial score (nSPS) is 15.4. The third-order valence-corrected chi connectivity index (χ3v) is 3.99. The maximum absolute atomic E-state index is 11.1. The fourth-order valence-corrected chi connectivity index (χ4v) is 2.61. The number of allylic oxidation sites excluding steroid dienone is 5. The molecule has 1 atom stereocenters. The van der Waals surface area contributed by atoms with E-state index < -0.39 is 0 Å². The van der Waals surface area contributed by atoms with Crippen LogP contribution in [0.5, 0.6) is 0 Å². The maximum atomic E-state index is 11.1. The molecule has 0 heterocycles. The first-order chi connectivity index (χ1) is 10.5. The van der Waals surface area contributed by atoms with Crippen molar-refractivity contribution in [2.45, 2.75) is 32.7 Å². The second kappa shape index (κ2) is 7.08. The zero-order valence-corrected chi connectivity index (χ0v) is 13.4. The molecule has 0 radical (unpaired) electrons. The van der Waals surface area contributed by atoms with Crippen LogP contribution in [-0.2, 0) is 4.79 Å². The molecule has 1 unspecified atom stereocenters. The van der Waals surface area contributed by atoms with Crippen LogP contribution < -0.4 is 5.32 Å². The highest BCUT2D eigenvalue weighted by Gasteiger charge is 2.13. The summed E-state index contributed by atoms with van der Waals surface area (Å²) in [5.74, 6) is 0. The number of benzene rings is 1. The van der Waals surface area contributed by atoms with Gasteiger partial charge in [0, 0.05) is 17.3 Å². The highest BCUT2D eigenvalue weighted by Crippen LogP contribution is 2.25. The second-order valence-electron chi connectivity index (χ2n) is 5.74. The molecule has 1 aromatic rings. The smallest absolute Gasteiger partial charge is 0.150 e. The lowest BCUT2D eigenvalue weighted by molar-refractivity contribution is -0.104. The molecule has 114 valence electrons. The topological polar surface area (TPSA) is 29.1 Å². The van der Waals surface area contributed by atoms with E-state index in [2.05, 4.69) is 49.7 Å². The lowest BCUT2D eigenvalue weighted by Crippen LogP contribution is -2.20. The minimum Gasteiger partial charge on any atom is -0.379 e. The van der Waals surface area contributed by atoms with Gasteiger partial charge in [0.2, 0.25) is 0 Å². The molecule has 0 saturated carbocycles. The molecular formula is C20H23NO. The van der Waals surface area contributed by atoms with Gasteiger partial charge in [-0.1, -0.05) is 55.1 Å². The summed E-state index contributed by atoms with van der Waals surface area (Å²) < 4.78 is 0. The van der Waals surface area contributed by atoms with E-state index in [-0.39, 0.29) is 6.04 Å². The fourth-order valence-electron chi connectivity index (χ4n) is 2.61. The molecule has 0 bridgehead atoms. The van der Waals surface area contributed by atoms with Gasteiger partial charge < -0.3 is 5.32 Å². The van der Waals surface area contributed by atoms with Crippen LogP contribution in [0, 0.1) is 0 Å². The summed E-state index contributed by atoms with van der Waals surface area (Å²) in [6.07, 6.45) is 6.63. The number of hydrogen-bond donors (Lipinski definition) is 1. The molecule has 2 rings (SSSR count). The monoisotopic (exact) mass is 293 g/mol. The van der Waals surface area contributed by atoms with Crippen LogP contribution in [0.3, 0.4) is 0 Å². The van der Waals surface area contributed by atoms with Crippen LogP contribution in [0.2, 0.25) is 0 Å². The summed E-state index contributed by atoms with van der Waals surface area (Å²) in [5, 5.41) is 3.41. The molecule has 0 saturated heterocycles. The van der Waals surface area contributed by atoms with Gasteiger partial charge in [-0.25, -0.2) is 0 Å². The standard InChI is InChI=1S/C20H23NO/c1-14(2)17-9-11-18(12-10-17)15(3)21-16(4)20-8-6-5-7-19(20)13-22/h5,7,9-13,15,21H,1,4,6,8H2,2-3H3. The lowest BCUT2D eigenvalue weighted by atomic mass is 9.95. The summed E-state index contributed by atoms with van der Waals surface area (Å²) in [6.45, 7) is 12.2. The van der Waals surface area contributed by atoms with Gasteiger partial charge in [0.25, 0.3) is 0 Å². The number of carbonyl (C=O) groups is 1. The maximum Gasteiger partial charge on any atom is 0.150 e. The molecular weight excluding hydrogens is 270 g/mol. The van der Waals surface area contributed by atoms with Crippen LogP contribution in [0.15, 0.2) is 66.4 Å². The Balaban J connectivity index is 2.11. The summed E-state index contributed by atoms with van der Waals surface area (Å²) >= 11 is 0. The number of hydrogen-bond acceptors (Lipinski definition) is 2. The van der Waals surface area contributed by atoms with Crippen molar-refractivity contribution in [3.05, 3.63) is 77.5 Å². The molecule has 0 aromatic heterocycles. The molecule has 2 nitrogen and oxygen atoms in total. The predicted octanol–water partition coefficient (Wildman–Crippen LogP) is 4.73. The van der Waals surface area contributed by atoms with E-state index in [0.29, 0.717) is 0 Å². The van der Waals surface area contributed by atoms with Crippen LogP contribution in [0.4, 0.5) is 0 Å². The molecule has 22 heavy (non-hydrogen) atoms. The molecule has 0 aliphatic heterocycles. The number of aldehydes is 1. The van der Waals surface area contributed by atoms with Crippen molar-refractivity contribution in [3.8, 4) is 0 Å². The Morgan fingerprint density at radius 1 is 1.27 bits per heavy atom. The third kappa shape index (κ3) is 3.64. The molecule has 1 aliphatic rings. The Labute approximate surface area is 132 Å². The number of rotatable bonds is 6. The Morgan fingerprint density at radius 2 is 1.95 bits per heavy atom. The Hall–Kier alpha value is -2.35. The summed E-state index contributed by atoms with van der Waals surface area (Å²) in [7, 11) is 0. The Bertz CT molecular complexity index is 647. The Morgan fingerprint density at radius 3 is 2.55 bits per heavy atom. The minimum atomic E-state index is 0.137. The molecule has 0 spiro atoms. The zero-order valence-electron chi connectivity index (χ0n) is 13.4. The first-order valence-corrected chi connectivity index (χ1v) is 7.59. The largest absolute Gasteiger partial charge is 0.379 e. The van der Waals surface area contributed by atoms with Crippen LogP contribution in [0.25, 0.3) is 5.57 Å². The van der Waals surface area contributed by atoms with Gasteiger partial charge in [0.1, 0.15) is 6.29 Å². The van der Waals surface area contributed by atoms with Crippen LogP contribution in [0.1, 0.15) is 43.9 Å². The van der Waals surface area contributed by atoms with E-state index in [1.54, 1.807) is 0 Å². The van der Waals surface area contributed by atoms with E-state index in [0.717, 1.165) is 47.1 Å². The van der Waals surface area contributed by atoms with Gasteiger partial charge in [-0.3, -0.25) is 4.79 Å². The van der Waals surface area contributed by atoms with Crippen LogP contribution in [-0.4, -0.2) is 6.29 Å². The quantitative estimate of drug-likeness (QED) is 0.768. The lowest BCUT2D eigenvalue weighted by Gasteiger charge is -2.22. The van der Waals surface area contributed by atoms with E-state index >= 15 is 0 Å². The van der Waals surface area contributed by atoms with Gasteiger partial charge >= 0.3 is 0 Å². The SMILES string of the molecule is C=C(NC(C)c1ccc(C(=C)C)cc1)C1=C(C=O)C=CCC1. The minimum absolute atomic E-state index is 0.137. The van der Waals surface area contributed by atoms with E-state index in [4.69, 9.17) is 0 Å². The number of nitrogens with one attached hydrogen (secondary N) is 1. The van der Waals surface area contributed by atoms with Crippen LogP contribution >= 0.6 is 0 Å². The first kappa shape index (κ1) is 16.0. The summed E-state index contributed by atoms with van der Waals surface area (Å²) in [6, 6.07) is 8.50. The molecule has 2 heteroatoms. The van der Waals surface area contributed by atoms with Crippen molar-refractivity contribution in [1.29, 1.82) is 0 Å². The molecule has 1 N–H and O–H groups in total. The Kier molecular flexibility index (Phi) is 5.16. The fraction of sp³-hybridized carbons (Fsp3) is 0.250. The average molecular weight is 293 g/mol. The van der Waals surface area contributed by atoms with Crippen molar-refractivity contribution < 1.29 is 4.79 Å². The average Bonchev–Trinajstić information content (AvgIpc) is 2.54. The van der Waals surface area contributed by atoms with Gasteiger partial charge in [0.05, 0.1) is 0 Å². The molecule has 1 aliphatic carbocycles. The van der Waals surface area contributed by atoms with Gasteiger partial charge in [-0.05, 0) is 43.4 Å². The molecule has 0 fully saturated rings. The van der Waals surface area contributed by atoms with Crippen molar-refractivity contribution >= 4 is 11.9 Å². The third-order valence-electron chi connectivity index (χ3n) is 3.99. The van der Waals surface area contributed by atoms with Gasteiger partial charge in [-0.2, -0.15) is 0 Å².